The number of nitro groups is 1. The number of carbonyl (C=O) groups is 1. The Balaban J connectivity index is 0.989. The molecule has 8 rings (SSSR count). The monoisotopic (exact) mass is 959 g/mol. The number of nitro benzene ring substituents is 1. The molecule has 2 aliphatic heterocycles. The Hall–Kier alpha value is -5.12. The number of piperazine rings is 1. The van der Waals surface area contributed by atoms with Gasteiger partial charge in [0.05, 0.1) is 28.7 Å². The van der Waals surface area contributed by atoms with E-state index in [0.29, 0.717) is 49.9 Å². The van der Waals surface area contributed by atoms with Crippen LogP contribution in [0.3, 0.4) is 0 Å². The second kappa shape index (κ2) is 19.6. The largest absolute Gasteiger partial charge is 0.455 e. The number of aryl methyl sites for hydroxylation is 1. The highest BCUT2D eigenvalue weighted by Crippen LogP contribution is 2.45. The lowest BCUT2D eigenvalue weighted by molar-refractivity contribution is -0.385. The number of alkyl halides is 1. The van der Waals surface area contributed by atoms with E-state index >= 15 is 0 Å². The van der Waals surface area contributed by atoms with E-state index in [0.717, 1.165) is 61.1 Å². The number of nitrogens with one attached hydrogen (secondary N) is 2. The third-order valence-electron chi connectivity index (χ3n) is 13.3. The molecule has 1 unspecified atom stereocenters. The van der Waals surface area contributed by atoms with Crippen LogP contribution in [0.4, 0.5) is 15.8 Å². The fourth-order valence-electron chi connectivity index (χ4n) is 9.26. The molecule has 66 heavy (non-hydrogen) atoms. The van der Waals surface area contributed by atoms with Gasteiger partial charge in [-0.05, 0) is 97.8 Å². The predicted octanol–water partition coefficient (Wildman–Crippen LogP) is 9.40. The van der Waals surface area contributed by atoms with Crippen LogP contribution in [0.1, 0.15) is 61.0 Å². The van der Waals surface area contributed by atoms with Gasteiger partial charge in [0, 0.05) is 104 Å². The lowest BCUT2D eigenvalue weighted by atomic mass is 9.72. The van der Waals surface area contributed by atoms with Crippen molar-refractivity contribution in [3.8, 4) is 11.5 Å². The number of allylic oxidation sites excluding steroid dienone is 1. The quantitative estimate of drug-likeness (QED) is 0.0582. The number of pyridine rings is 1. The number of hydrogen-bond donors (Lipinski definition) is 2. The second-order valence-electron chi connectivity index (χ2n) is 18.7. The highest BCUT2D eigenvalue weighted by Gasteiger charge is 2.32. The minimum absolute atomic E-state index is 0.0717. The SMILES string of the molecule is CC1(C)CCC(CN2CCN(c3ccc(C(=O)NS(=O)(=O)c4ccc(CCC(CF)N5CCP(C)(=O)CC5)c([N+](=O)[O-])c4)c(Oc4cnc5[nH]ccc5c4)c3)CC2)=C(c2ccc(Cl)cc2)C1. The minimum atomic E-state index is -4.63. The highest BCUT2D eigenvalue weighted by atomic mass is 35.5. The number of sulfonamides is 1. The average molecular weight is 961 g/mol. The van der Waals surface area contributed by atoms with E-state index in [1.165, 1.54) is 41.1 Å². The first-order valence-corrected chi connectivity index (χ1v) is 26.7. The van der Waals surface area contributed by atoms with E-state index in [1.807, 2.05) is 23.1 Å². The first kappa shape index (κ1) is 47.4. The Morgan fingerprint density at radius 3 is 2.48 bits per heavy atom. The molecular formula is C48H56ClFN7O7PS. The van der Waals surface area contributed by atoms with E-state index < -0.39 is 51.3 Å². The van der Waals surface area contributed by atoms with Gasteiger partial charge in [-0.2, -0.15) is 0 Å². The molecule has 0 radical (unpaired) electrons. The number of halogens is 2. The molecule has 18 heteroatoms. The third-order valence-corrected chi connectivity index (χ3v) is 17.2. The summed E-state index contributed by atoms with van der Waals surface area (Å²) in [6, 6.07) is 19.7. The summed E-state index contributed by atoms with van der Waals surface area (Å²) in [5.41, 5.74) is 5.42. The molecule has 3 aliphatic rings. The Labute approximate surface area is 390 Å². The number of ether oxygens (including phenoxy) is 1. The maximum absolute atomic E-state index is 14.2. The maximum atomic E-state index is 14.2. The van der Waals surface area contributed by atoms with Gasteiger partial charge in [-0.25, -0.2) is 22.5 Å². The molecule has 2 fully saturated rings. The number of hydrogen-bond acceptors (Lipinski definition) is 11. The number of carbonyl (C=O) groups excluding carboxylic acids is 1. The summed E-state index contributed by atoms with van der Waals surface area (Å²) in [5, 5.41) is 13.7. The van der Waals surface area contributed by atoms with E-state index in [4.69, 9.17) is 16.3 Å². The molecule has 2 N–H and O–H groups in total. The van der Waals surface area contributed by atoms with Gasteiger partial charge >= 0.3 is 0 Å². The van der Waals surface area contributed by atoms with Crippen LogP contribution in [0, 0.1) is 15.5 Å². The molecule has 1 amide bonds. The molecule has 4 heterocycles. The normalized spacial score (nSPS) is 18.6. The zero-order valence-electron chi connectivity index (χ0n) is 37.5. The number of nitrogens with zero attached hydrogens (tertiary/aromatic N) is 5. The standard InChI is InChI=1S/C48H56ClFN7O7PS/c1-48(2)16-14-36(43(29-48)33-4-8-37(49)9-5-33)32-54-18-20-55(21-19-54)38-11-13-42(45(27-38)64-40-26-35-15-17-51-46(35)52-31-40)47(58)53-66(62,63)41-12-7-34(44(28-41)57(59)60)6-10-39(30-50)56-22-24-65(3,61)25-23-56/h4-5,7-9,11-13,15,17,26-28,31,39H,6,10,14,16,18-25,29-30,32H2,1-3H3,(H,51,52)(H,53,58). The smallest absolute Gasteiger partial charge is 0.273 e. The van der Waals surface area contributed by atoms with Crippen LogP contribution in [0.5, 0.6) is 11.5 Å². The van der Waals surface area contributed by atoms with Crippen molar-refractivity contribution >= 4 is 62.7 Å². The molecule has 3 aromatic carbocycles. The number of amides is 1. The summed E-state index contributed by atoms with van der Waals surface area (Å²) in [6.45, 7) is 10.6. The fraction of sp³-hybridized carbons (Fsp3) is 0.417. The summed E-state index contributed by atoms with van der Waals surface area (Å²) in [6.07, 6.45) is 7.75. The number of rotatable bonds is 15. The molecule has 1 atom stereocenters. The van der Waals surface area contributed by atoms with Crippen molar-refractivity contribution in [3.63, 3.8) is 0 Å². The summed E-state index contributed by atoms with van der Waals surface area (Å²) >= 11 is 6.24. The lowest BCUT2D eigenvalue weighted by Gasteiger charge is -2.39. The van der Waals surface area contributed by atoms with Crippen LogP contribution in [-0.2, 0) is 21.0 Å². The van der Waals surface area contributed by atoms with Gasteiger partial charge in [0.1, 0.15) is 23.8 Å². The van der Waals surface area contributed by atoms with Crippen molar-refractivity contribution < 1.29 is 31.8 Å². The Kier molecular flexibility index (Phi) is 14.1. The van der Waals surface area contributed by atoms with Gasteiger partial charge < -0.3 is 19.2 Å². The zero-order chi connectivity index (χ0) is 46.8. The summed E-state index contributed by atoms with van der Waals surface area (Å²) in [7, 11) is -6.87. The number of benzene rings is 3. The topological polar surface area (TPSA) is 171 Å². The van der Waals surface area contributed by atoms with Crippen LogP contribution < -0.4 is 14.4 Å². The van der Waals surface area contributed by atoms with Gasteiger partial charge in [-0.1, -0.05) is 49.2 Å². The maximum Gasteiger partial charge on any atom is 0.273 e. The summed E-state index contributed by atoms with van der Waals surface area (Å²) in [4.78, 5) is 39.2. The second-order valence-corrected chi connectivity index (χ2v) is 24.3. The van der Waals surface area contributed by atoms with E-state index in [2.05, 4.69) is 50.5 Å². The Bertz CT molecular complexity index is 2800. The van der Waals surface area contributed by atoms with Crippen LogP contribution in [-0.4, -0.2) is 117 Å². The van der Waals surface area contributed by atoms with Crippen LogP contribution in [0.2, 0.25) is 5.02 Å². The van der Waals surface area contributed by atoms with Crippen molar-refractivity contribution in [2.24, 2.45) is 5.41 Å². The first-order valence-electron chi connectivity index (χ1n) is 22.4. The van der Waals surface area contributed by atoms with Crippen molar-refractivity contribution in [3.05, 3.63) is 123 Å². The molecule has 14 nitrogen and oxygen atoms in total. The number of fused-ring (bicyclic) bond motifs is 1. The van der Waals surface area contributed by atoms with Crippen LogP contribution in [0.25, 0.3) is 16.6 Å². The Morgan fingerprint density at radius 1 is 1.03 bits per heavy atom. The molecule has 2 aromatic heterocycles. The molecular weight excluding hydrogens is 904 g/mol. The van der Waals surface area contributed by atoms with Crippen molar-refractivity contribution in [2.45, 2.75) is 56.9 Å². The van der Waals surface area contributed by atoms with Gasteiger partial charge in [-0.15, -0.1) is 0 Å². The van der Waals surface area contributed by atoms with Gasteiger partial charge in [0.25, 0.3) is 21.6 Å². The Morgan fingerprint density at radius 2 is 1.77 bits per heavy atom. The van der Waals surface area contributed by atoms with Gasteiger partial charge in [-0.3, -0.25) is 24.7 Å². The van der Waals surface area contributed by atoms with E-state index in [-0.39, 0.29) is 35.1 Å². The van der Waals surface area contributed by atoms with Crippen LogP contribution >= 0.6 is 18.7 Å². The zero-order valence-corrected chi connectivity index (χ0v) is 39.9. The number of aromatic nitrogens is 2. The molecule has 5 aromatic rings. The van der Waals surface area contributed by atoms with E-state index in [9.17, 15) is 32.3 Å². The molecule has 0 saturated carbocycles. The molecule has 0 bridgehead atoms. The fourth-order valence-corrected chi connectivity index (χ4v) is 12.0. The van der Waals surface area contributed by atoms with E-state index in [1.54, 1.807) is 31.1 Å². The predicted molar refractivity (Wildman–Crippen MR) is 258 cm³/mol. The minimum Gasteiger partial charge on any atom is -0.455 e. The average Bonchev–Trinajstić information content (AvgIpc) is 3.76. The highest BCUT2D eigenvalue weighted by molar-refractivity contribution is 7.90. The molecule has 2 saturated heterocycles. The number of H-pyrrole nitrogens is 1. The van der Waals surface area contributed by atoms with Gasteiger partial charge in [0.15, 0.2) is 0 Å². The number of aromatic amines is 1. The lowest BCUT2D eigenvalue weighted by Crippen LogP contribution is -2.47. The summed E-state index contributed by atoms with van der Waals surface area (Å²) < 4.78 is 62.6. The van der Waals surface area contributed by atoms with Crippen molar-refractivity contribution in [1.29, 1.82) is 0 Å². The third kappa shape index (κ3) is 11.2. The van der Waals surface area contributed by atoms with Crippen LogP contribution in [0.15, 0.2) is 95.7 Å². The molecule has 1 aliphatic carbocycles. The van der Waals surface area contributed by atoms with Crippen molar-refractivity contribution in [2.75, 3.05) is 76.4 Å². The van der Waals surface area contributed by atoms with Crippen molar-refractivity contribution in [1.82, 2.24) is 24.5 Å². The first-order chi connectivity index (χ1) is 31.5. The van der Waals surface area contributed by atoms with Gasteiger partial charge in [0.2, 0.25) is 0 Å². The summed E-state index contributed by atoms with van der Waals surface area (Å²) in [5.74, 6) is -0.567. The molecule has 0 spiro atoms. The number of anilines is 1. The molecule has 350 valence electrons.